The van der Waals surface area contributed by atoms with Crippen LogP contribution in [0.3, 0.4) is 0 Å². The molecule has 3 unspecified atom stereocenters. The first kappa shape index (κ1) is 20.9. The van der Waals surface area contributed by atoms with Gasteiger partial charge in [0, 0.05) is 17.7 Å². The van der Waals surface area contributed by atoms with Gasteiger partial charge in [-0.1, -0.05) is 31.2 Å². The van der Waals surface area contributed by atoms with Gasteiger partial charge in [0.15, 0.2) is 17.3 Å². The van der Waals surface area contributed by atoms with E-state index in [1.54, 1.807) is 36.1 Å². The van der Waals surface area contributed by atoms with Crippen LogP contribution in [0.15, 0.2) is 76.9 Å². The molecule has 1 heterocycles. The number of benzene rings is 1. The van der Waals surface area contributed by atoms with Crippen molar-refractivity contribution in [2.45, 2.75) is 25.9 Å². The number of hydrogen-bond donors (Lipinski definition) is 2. The van der Waals surface area contributed by atoms with Crippen molar-refractivity contribution >= 4 is 17.5 Å². The first-order valence-electron chi connectivity index (χ1n) is 10.6. The number of fused-ring (bicyclic) bond motifs is 2. The van der Waals surface area contributed by atoms with Gasteiger partial charge in [-0.2, -0.15) is 0 Å². The number of hydrogen-bond acceptors (Lipinski definition) is 6. The third-order valence-corrected chi connectivity index (χ3v) is 6.48. The van der Waals surface area contributed by atoms with Crippen LogP contribution in [0.25, 0.3) is 0 Å². The topological polar surface area (TPSA) is 110 Å². The highest BCUT2D eigenvalue weighted by Crippen LogP contribution is 2.44. The first-order chi connectivity index (χ1) is 15.8. The van der Waals surface area contributed by atoms with Gasteiger partial charge in [0.05, 0.1) is 17.5 Å². The molecule has 1 aromatic carbocycles. The second kappa shape index (κ2) is 7.58. The molecule has 0 saturated heterocycles. The summed E-state index contributed by atoms with van der Waals surface area (Å²) in [5, 5.41) is 11.3. The summed E-state index contributed by atoms with van der Waals surface area (Å²) in [7, 11) is 0. The second-order valence-corrected chi connectivity index (χ2v) is 8.53. The number of aliphatic hydroxyl groups is 1. The van der Waals surface area contributed by atoms with Crippen LogP contribution >= 0.6 is 0 Å². The fourth-order valence-electron chi connectivity index (χ4n) is 4.80. The highest BCUT2D eigenvalue weighted by Gasteiger charge is 2.47. The number of nitrogens with two attached hydrogens (primary N) is 1. The summed E-state index contributed by atoms with van der Waals surface area (Å²) >= 11 is 0. The summed E-state index contributed by atoms with van der Waals surface area (Å²) in [6.07, 6.45) is 8.32. The lowest BCUT2D eigenvalue weighted by Gasteiger charge is -2.38. The van der Waals surface area contributed by atoms with E-state index in [2.05, 4.69) is 0 Å². The molecule has 33 heavy (non-hydrogen) atoms. The molecule has 5 rings (SSSR count). The maximum Gasteiger partial charge on any atom is 0.248 e. The standard InChI is InChI=1S/C25H21FN2O5/c1-12-2-8-17(29)20-19(12)23(31)24-21(22(20)30)28(16-6-3-13(4-7-16)25(27)32)11-14-10-15(26)5-9-18(14)33-24/h2-6,8-10,12,16,19,30H,7,11H2,1H3,(H2,27,32). The molecule has 1 aliphatic heterocycles. The van der Waals surface area contributed by atoms with E-state index in [4.69, 9.17) is 10.5 Å². The Hall–Kier alpha value is -3.94. The zero-order valence-corrected chi connectivity index (χ0v) is 17.7. The van der Waals surface area contributed by atoms with Crippen LogP contribution in [-0.4, -0.2) is 33.5 Å². The Morgan fingerprint density at radius 2 is 2.03 bits per heavy atom. The van der Waals surface area contributed by atoms with Gasteiger partial charge in [0.1, 0.15) is 17.3 Å². The Labute approximate surface area is 189 Å². The van der Waals surface area contributed by atoms with E-state index in [-0.39, 0.29) is 35.3 Å². The molecule has 4 aliphatic rings. The van der Waals surface area contributed by atoms with Crippen molar-refractivity contribution in [2.24, 2.45) is 17.6 Å². The average molecular weight is 448 g/mol. The summed E-state index contributed by atoms with van der Waals surface area (Å²) in [4.78, 5) is 39.5. The summed E-state index contributed by atoms with van der Waals surface area (Å²) in [5.41, 5.74) is 6.32. The number of Topliss-reactive ketones (excluding diaryl/α,β-unsaturated/α-hetero) is 1. The molecular formula is C25H21FN2O5. The maximum absolute atomic E-state index is 14.1. The summed E-state index contributed by atoms with van der Waals surface area (Å²) in [6, 6.07) is 3.59. The highest BCUT2D eigenvalue weighted by molar-refractivity contribution is 6.15. The van der Waals surface area contributed by atoms with E-state index >= 15 is 0 Å². The van der Waals surface area contributed by atoms with Crippen molar-refractivity contribution in [2.75, 3.05) is 0 Å². The molecule has 3 atom stereocenters. The van der Waals surface area contributed by atoms with Crippen molar-refractivity contribution in [1.82, 2.24) is 4.90 Å². The van der Waals surface area contributed by atoms with E-state index in [1.165, 1.54) is 24.3 Å². The minimum absolute atomic E-state index is 0.0349. The van der Waals surface area contributed by atoms with Crippen molar-refractivity contribution in [3.8, 4) is 5.75 Å². The predicted octanol–water partition coefficient (Wildman–Crippen LogP) is 2.76. The van der Waals surface area contributed by atoms with E-state index in [9.17, 15) is 23.9 Å². The largest absolute Gasteiger partial charge is 0.505 e. The molecule has 1 aromatic rings. The Bertz CT molecular complexity index is 1270. The first-order valence-corrected chi connectivity index (χ1v) is 10.6. The molecule has 0 fully saturated rings. The highest BCUT2D eigenvalue weighted by atomic mass is 19.1. The van der Waals surface area contributed by atoms with E-state index in [0.717, 1.165) is 0 Å². The lowest BCUT2D eigenvalue weighted by Crippen LogP contribution is -2.42. The van der Waals surface area contributed by atoms with Gasteiger partial charge in [-0.25, -0.2) is 4.39 Å². The van der Waals surface area contributed by atoms with Crippen LogP contribution in [0.2, 0.25) is 0 Å². The molecule has 0 bridgehead atoms. The number of allylic oxidation sites excluding steroid dienone is 4. The third-order valence-electron chi connectivity index (χ3n) is 6.48. The number of carbonyl (C=O) groups excluding carboxylic acids is 3. The summed E-state index contributed by atoms with van der Waals surface area (Å²) in [6.45, 7) is 1.90. The van der Waals surface area contributed by atoms with Crippen molar-refractivity contribution in [3.05, 3.63) is 88.3 Å². The van der Waals surface area contributed by atoms with Crippen molar-refractivity contribution < 1.29 is 28.6 Å². The van der Waals surface area contributed by atoms with Crippen molar-refractivity contribution in [3.63, 3.8) is 0 Å². The molecule has 1 amide bonds. The Morgan fingerprint density at radius 3 is 2.73 bits per heavy atom. The molecule has 3 N–H and O–H groups in total. The molecule has 8 heteroatoms. The number of nitrogens with zero attached hydrogens (tertiary/aromatic N) is 1. The number of ether oxygens (including phenoxy) is 1. The molecular weight excluding hydrogens is 427 g/mol. The lowest BCUT2D eigenvalue weighted by molar-refractivity contribution is -0.124. The molecule has 3 aliphatic carbocycles. The predicted molar refractivity (Wildman–Crippen MR) is 116 cm³/mol. The number of halogens is 1. The molecule has 0 aromatic heterocycles. The Morgan fingerprint density at radius 1 is 1.24 bits per heavy atom. The smallest absolute Gasteiger partial charge is 0.248 e. The third kappa shape index (κ3) is 3.29. The van der Waals surface area contributed by atoms with Crippen molar-refractivity contribution in [1.29, 1.82) is 0 Å². The zero-order chi connectivity index (χ0) is 23.4. The lowest BCUT2D eigenvalue weighted by atomic mass is 9.73. The number of ketones is 2. The zero-order valence-electron chi connectivity index (χ0n) is 17.7. The van der Waals surface area contributed by atoms with Gasteiger partial charge in [-0.3, -0.25) is 14.4 Å². The van der Waals surface area contributed by atoms with Gasteiger partial charge in [-0.15, -0.1) is 0 Å². The van der Waals surface area contributed by atoms with Gasteiger partial charge >= 0.3 is 0 Å². The van der Waals surface area contributed by atoms with Gasteiger partial charge in [0.25, 0.3) is 0 Å². The monoisotopic (exact) mass is 448 g/mol. The van der Waals surface area contributed by atoms with Crippen LogP contribution < -0.4 is 10.5 Å². The summed E-state index contributed by atoms with van der Waals surface area (Å²) < 4.78 is 20.1. The van der Waals surface area contributed by atoms with Gasteiger partial charge in [-0.05, 0) is 36.6 Å². The number of carbonyl (C=O) groups is 3. The number of aliphatic hydroxyl groups excluding tert-OH is 1. The van der Waals surface area contributed by atoms with Gasteiger partial charge in [0.2, 0.25) is 11.7 Å². The minimum atomic E-state index is -0.867. The molecule has 0 spiro atoms. The van der Waals surface area contributed by atoms with E-state index in [0.29, 0.717) is 23.3 Å². The van der Waals surface area contributed by atoms with E-state index in [1.807, 2.05) is 0 Å². The van der Waals surface area contributed by atoms with Gasteiger partial charge < -0.3 is 20.5 Å². The van der Waals surface area contributed by atoms with Crippen LogP contribution in [0.5, 0.6) is 5.75 Å². The number of amides is 1. The van der Waals surface area contributed by atoms with Crippen LogP contribution in [0.4, 0.5) is 4.39 Å². The van der Waals surface area contributed by atoms with Crippen LogP contribution in [0.1, 0.15) is 18.9 Å². The number of primary amides is 1. The Kier molecular flexibility index (Phi) is 4.81. The average Bonchev–Trinajstić information content (AvgIpc) is 2.96. The normalized spacial score (nSPS) is 26.3. The fourth-order valence-corrected chi connectivity index (χ4v) is 4.80. The molecule has 0 radical (unpaired) electrons. The quantitative estimate of drug-likeness (QED) is 0.720. The molecule has 168 valence electrons. The minimum Gasteiger partial charge on any atom is -0.505 e. The van der Waals surface area contributed by atoms with Crippen LogP contribution in [-0.2, 0) is 20.9 Å². The fraction of sp³-hybridized carbons (Fsp3) is 0.240. The molecule has 7 nitrogen and oxygen atoms in total. The maximum atomic E-state index is 14.1. The van der Waals surface area contributed by atoms with Crippen LogP contribution in [0, 0.1) is 17.7 Å². The summed E-state index contributed by atoms with van der Waals surface area (Å²) in [5.74, 6) is -3.17. The second-order valence-electron chi connectivity index (χ2n) is 8.53. The van der Waals surface area contributed by atoms with E-state index < -0.39 is 35.3 Å². The molecule has 0 saturated carbocycles. The Balaban J connectivity index is 1.68. The number of rotatable bonds is 2. The SMILES string of the molecule is CC1C=CC(=O)C2=C(O)C3=C(Oc4ccc(F)cc4CN3C3C=CC(C(N)=O)=CC3)C(=O)C21.